The van der Waals surface area contributed by atoms with Crippen LogP contribution in [0.2, 0.25) is 25.1 Å². The van der Waals surface area contributed by atoms with Crippen molar-refractivity contribution in [1.82, 2.24) is 0 Å². The molecule has 1 atom stereocenters. The number of carbonyl (C=O) groups excluding carboxylic acids is 1. The molecule has 0 fully saturated rings. The Morgan fingerprint density at radius 3 is 2.00 bits per heavy atom. The zero-order valence-corrected chi connectivity index (χ0v) is 15.2. The monoisotopic (exact) mass is 422 g/mol. The van der Waals surface area contributed by atoms with Gasteiger partial charge in [-0.3, -0.25) is 0 Å². The summed E-state index contributed by atoms with van der Waals surface area (Å²) >= 11 is 36.9. The third-order valence-electron chi connectivity index (χ3n) is 2.37. The molecule has 1 heterocycles. The molecule has 1 aromatic heterocycles. The molecule has 112 valence electrons. The van der Waals surface area contributed by atoms with Crippen LogP contribution in [0.15, 0.2) is 17.5 Å². The number of hydrogen-bond acceptors (Lipinski definition) is 3. The van der Waals surface area contributed by atoms with Gasteiger partial charge in [0.1, 0.15) is 10.0 Å². The summed E-state index contributed by atoms with van der Waals surface area (Å²) in [6.07, 6.45) is 0. The van der Waals surface area contributed by atoms with Crippen LogP contribution in [-0.4, -0.2) is 5.97 Å². The molecule has 1 aromatic carbocycles. The van der Waals surface area contributed by atoms with Crippen molar-refractivity contribution in [2.45, 2.75) is 5.38 Å². The van der Waals surface area contributed by atoms with E-state index in [1.54, 1.807) is 17.5 Å². The maximum Gasteiger partial charge on any atom is 0.334 e. The molecule has 0 unspecified atom stereocenters. The average Bonchev–Trinajstić information content (AvgIpc) is 3.00. The van der Waals surface area contributed by atoms with Gasteiger partial charge in [-0.05, 0) is 11.4 Å². The zero-order valence-electron chi connectivity index (χ0n) is 9.80. The van der Waals surface area contributed by atoms with E-state index >= 15 is 0 Å². The minimum Gasteiger partial charge on any atom is -0.422 e. The Balaban J connectivity index is 2.34. The quantitative estimate of drug-likeness (QED) is 0.176. The van der Waals surface area contributed by atoms with Crippen molar-refractivity contribution in [2.75, 3.05) is 0 Å². The predicted molar refractivity (Wildman–Crippen MR) is 90.0 cm³/mol. The Bertz CT molecular complexity index is 657. The summed E-state index contributed by atoms with van der Waals surface area (Å²) in [4.78, 5) is 12.7. The molecule has 0 spiro atoms. The molecular formula is C12H4Cl6O2S. The lowest BCUT2D eigenvalue weighted by atomic mass is 10.3. The van der Waals surface area contributed by atoms with Gasteiger partial charge in [-0.1, -0.05) is 64.1 Å². The SMILES string of the molecule is O=C(Oc1c(Cl)c(Cl)c(Cl)c(Cl)c1Cl)[C@H](Cl)c1cccs1. The van der Waals surface area contributed by atoms with Crippen LogP contribution >= 0.6 is 80.9 Å². The predicted octanol–water partition coefficient (Wildman–Crippen LogP) is 6.90. The maximum absolute atomic E-state index is 12.0. The number of thiophene rings is 1. The van der Waals surface area contributed by atoms with E-state index in [2.05, 4.69) is 0 Å². The molecule has 2 nitrogen and oxygen atoms in total. The summed E-state index contributed by atoms with van der Waals surface area (Å²) in [5.41, 5.74) is 0. The van der Waals surface area contributed by atoms with Crippen molar-refractivity contribution < 1.29 is 9.53 Å². The first-order chi connectivity index (χ1) is 9.84. The molecule has 9 heteroatoms. The highest BCUT2D eigenvalue weighted by atomic mass is 35.5. The molecule has 0 aliphatic heterocycles. The van der Waals surface area contributed by atoms with Gasteiger partial charge in [-0.2, -0.15) is 0 Å². The molecular weight excluding hydrogens is 421 g/mol. The normalized spacial score (nSPS) is 12.3. The first-order valence-corrected chi connectivity index (χ1v) is 8.45. The number of halogens is 6. The third-order valence-corrected chi connectivity index (χ3v) is 6.09. The molecule has 0 N–H and O–H groups in total. The van der Waals surface area contributed by atoms with E-state index in [0.29, 0.717) is 4.88 Å². The van der Waals surface area contributed by atoms with Crippen molar-refractivity contribution in [3.8, 4) is 5.75 Å². The lowest BCUT2D eigenvalue weighted by molar-refractivity contribution is -0.134. The van der Waals surface area contributed by atoms with Gasteiger partial charge in [0, 0.05) is 4.88 Å². The number of alkyl halides is 1. The Labute approximate surface area is 154 Å². The molecule has 0 aliphatic rings. The minimum atomic E-state index is -0.995. The fraction of sp³-hybridized carbons (Fsp3) is 0.0833. The van der Waals surface area contributed by atoms with Gasteiger partial charge in [0.2, 0.25) is 0 Å². The summed E-state index contributed by atoms with van der Waals surface area (Å²) in [5, 5.41) is 0.433. The van der Waals surface area contributed by atoms with Gasteiger partial charge in [0.25, 0.3) is 0 Å². The van der Waals surface area contributed by atoms with E-state index < -0.39 is 11.3 Å². The van der Waals surface area contributed by atoms with Gasteiger partial charge in [-0.15, -0.1) is 22.9 Å². The second kappa shape index (κ2) is 7.14. The van der Waals surface area contributed by atoms with Gasteiger partial charge in [-0.25, -0.2) is 4.79 Å². The molecule has 0 aliphatic carbocycles. The Hall–Kier alpha value is 0.130. The van der Waals surface area contributed by atoms with E-state index in [0.717, 1.165) is 0 Å². The highest BCUT2D eigenvalue weighted by molar-refractivity contribution is 7.10. The summed E-state index contributed by atoms with van der Waals surface area (Å²) in [5.74, 6) is -0.928. The van der Waals surface area contributed by atoms with Crippen molar-refractivity contribution in [1.29, 1.82) is 0 Å². The van der Waals surface area contributed by atoms with Crippen LogP contribution in [0.3, 0.4) is 0 Å². The van der Waals surface area contributed by atoms with Gasteiger partial charge < -0.3 is 4.74 Å². The van der Waals surface area contributed by atoms with Crippen LogP contribution in [0.1, 0.15) is 10.3 Å². The Morgan fingerprint density at radius 2 is 1.52 bits per heavy atom. The fourth-order valence-corrected chi connectivity index (χ4v) is 3.54. The standard InChI is InChI=1S/C12H4Cl6O2S/c13-5(4-2-1-3-21-4)12(19)20-11-9(17)7(15)6(14)8(16)10(11)18/h1-3,5H/t5-/m1/s1. The minimum absolute atomic E-state index is 0.0196. The molecule has 0 radical (unpaired) electrons. The molecule has 0 saturated heterocycles. The van der Waals surface area contributed by atoms with Gasteiger partial charge in [0.15, 0.2) is 11.1 Å². The topological polar surface area (TPSA) is 26.3 Å². The molecule has 2 rings (SSSR count). The summed E-state index contributed by atoms with van der Waals surface area (Å²) in [6.45, 7) is 0. The van der Waals surface area contributed by atoms with Gasteiger partial charge >= 0.3 is 5.97 Å². The van der Waals surface area contributed by atoms with Crippen molar-refractivity contribution in [3.05, 3.63) is 47.5 Å². The van der Waals surface area contributed by atoms with Crippen molar-refractivity contribution in [2.24, 2.45) is 0 Å². The number of carbonyl (C=O) groups is 1. The number of esters is 1. The number of hydrogen-bond donors (Lipinski definition) is 0. The number of rotatable bonds is 3. The summed E-state index contributed by atoms with van der Waals surface area (Å²) in [7, 11) is 0. The van der Waals surface area contributed by atoms with Crippen LogP contribution in [-0.2, 0) is 4.79 Å². The van der Waals surface area contributed by atoms with Gasteiger partial charge in [0.05, 0.1) is 15.1 Å². The first-order valence-electron chi connectivity index (χ1n) is 5.25. The summed E-state index contributed by atoms with van der Waals surface area (Å²) in [6, 6.07) is 3.47. The number of ether oxygens (including phenoxy) is 1. The smallest absolute Gasteiger partial charge is 0.334 e. The number of benzene rings is 1. The lowest BCUT2D eigenvalue weighted by Gasteiger charge is -2.14. The second-order valence-corrected chi connectivity index (χ2v) is 7.00. The van der Waals surface area contributed by atoms with Crippen LogP contribution in [0.5, 0.6) is 5.75 Å². The van der Waals surface area contributed by atoms with Crippen LogP contribution in [0.4, 0.5) is 0 Å². The van der Waals surface area contributed by atoms with Crippen LogP contribution in [0.25, 0.3) is 0 Å². The highest BCUT2D eigenvalue weighted by Crippen LogP contribution is 2.48. The van der Waals surface area contributed by atoms with Crippen LogP contribution < -0.4 is 4.74 Å². The lowest BCUT2D eigenvalue weighted by Crippen LogP contribution is -2.14. The largest absolute Gasteiger partial charge is 0.422 e. The highest BCUT2D eigenvalue weighted by Gasteiger charge is 2.26. The van der Waals surface area contributed by atoms with E-state index in [9.17, 15) is 4.79 Å². The third kappa shape index (κ3) is 3.56. The molecule has 0 bridgehead atoms. The molecule has 2 aromatic rings. The van der Waals surface area contributed by atoms with E-state index in [1.807, 2.05) is 0 Å². The molecule has 21 heavy (non-hydrogen) atoms. The molecule has 0 saturated carbocycles. The van der Waals surface area contributed by atoms with Crippen molar-refractivity contribution in [3.63, 3.8) is 0 Å². The second-order valence-electron chi connectivity index (χ2n) is 3.70. The van der Waals surface area contributed by atoms with Crippen molar-refractivity contribution >= 4 is 86.9 Å². The van der Waals surface area contributed by atoms with E-state index in [1.165, 1.54) is 11.3 Å². The first kappa shape index (κ1) is 17.5. The Kier molecular flexibility index (Phi) is 5.94. The van der Waals surface area contributed by atoms with E-state index in [4.69, 9.17) is 74.3 Å². The average molecular weight is 425 g/mol. The Morgan fingerprint density at radius 1 is 1.00 bits per heavy atom. The zero-order chi connectivity index (χ0) is 15.7. The van der Waals surface area contributed by atoms with E-state index in [-0.39, 0.29) is 30.9 Å². The molecule has 0 amide bonds. The maximum atomic E-state index is 12.0. The van der Waals surface area contributed by atoms with Crippen LogP contribution in [0, 0.1) is 0 Å². The summed E-state index contributed by atoms with van der Waals surface area (Å²) < 4.78 is 5.12. The fourth-order valence-electron chi connectivity index (χ4n) is 1.38.